The number of rotatable bonds is 7. The third-order valence-corrected chi connectivity index (χ3v) is 3.85. The SMILES string of the molecule is Cc1cc(C(=O)O[C@@H](C)C(=O)Nc2ccc(OCc3ccccc3)cc2)on1. The summed E-state index contributed by atoms with van der Waals surface area (Å²) < 4.78 is 15.6. The van der Waals surface area contributed by atoms with E-state index in [-0.39, 0.29) is 5.76 Å². The van der Waals surface area contributed by atoms with E-state index in [0.29, 0.717) is 23.7 Å². The van der Waals surface area contributed by atoms with Gasteiger partial charge in [-0.15, -0.1) is 0 Å². The molecule has 0 aliphatic carbocycles. The van der Waals surface area contributed by atoms with E-state index in [1.165, 1.54) is 13.0 Å². The fourth-order valence-electron chi connectivity index (χ4n) is 2.35. The molecule has 1 aromatic heterocycles. The van der Waals surface area contributed by atoms with Gasteiger partial charge in [0, 0.05) is 11.8 Å². The maximum Gasteiger partial charge on any atom is 0.377 e. The van der Waals surface area contributed by atoms with Gasteiger partial charge in [0.1, 0.15) is 12.4 Å². The number of esters is 1. The van der Waals surface area contributed by atoms with Crippen LogP contribution in [0.3, 0.4) is 0 Å². The first-order chi connectivity index (χ1) is 13.5. The number of hydrogen-bond acceptors (Lipinski definition) is 6. The Morgan fingerprint density at radius 1 is 1.11 bits per heavy atom. The molecule has 0 saturated heterocycles. The molecule has 2 aromatic carbocycles. The molecule has 0 aliphatic rings. The van der Waals surface area contributed by atoms with Gasteiger partial charge < -0.3 is 19.3 Å². The summed E-state index contributed by atoms with van der Waals surface area (Å²) in [5, 5.41) is 6.30. The summed E-state index contributed by atoms with van der Waals surface area (Å²) in [6, 6.07) is 18.2. The predicted molar refractivity (Wildman–Crippen MR) is 102 cm³/mol. The van der Waals surface area contributed by atoms with Crippen LogP contribution in [-0.4, -0.2) is 23.1 Å². The lowest BCUT2D eigenvalue weighted by atomic mass is 10.2. The zero-order valence-corrected chi connectivity index (χ0v) is 15.5. The third kappa shape index (κ3) is 5.20. The fourth-order valence-corrected chi connectivity index (χ4v) is 2.35. The lowest BCUT2D eigenvalue weighted by molar-refractivity contribution is -0.123. The third-order valence-electron chi connectivity index (χ3n) is 3.85. The van der Waals surface area contributed by atoms with Crippen molar-refractivity contribution in [2.75, 3.05) is 5.32 Å². The van der Waals surface area contributed by atoms with Crippen molar-refractivity contribution in [3.63, 3.8) is 0 Å². The van der Waals surface area contributed by atoms with Crippen LogP contribution in [0.5, 0.6) is 5.75 Å². The van der Waals surface area contributed by atoms with Crippen LogP contribution in [0.15, 0.2) is 65.2 Å². The Morgan fingerprint density at radius 2 is 1.82 bits per heavy atom. The van der Waals surface area contributed by atoms with Gasteiger partial charge in [0.05, 0.1) is 5.69 Å². The molecule has 1 N–H and O–H groups in total. The average Bonchev–Trinajstić information content (AvgIpc) is 3.14. The second-order valence-electron chi connectivity index (χ2n) is 6.17. The number of anilines is 1. The van der Waals surface area contributed by atoms with Gasteiger partial charge in [-0.2, -0.15) is 0 Å². The van der Waals surface area contributed by atoms with Crippen molar-refractivity contribution in [1.29, 1.82) is 0 Å². The van der Waals surface area contributed by atoms with Gasteiger partial charge in [-0.05, 0) is 43.7 Å². The molecule has 7 heteroatoms. The fraction of sp³-hybridized carbons (Fsp3) is 0.190. The van der Waals surface area contributed by atoms with Crippen LogP contribution in [0.4, 0.5) is 5.69 Å². The number of ether oxygens (including phenoxy) is 2. The average molecular weight is 380 g/mol. The number of aromatic nitrogens is 1. The van der Waals surface area contributed by atoms with Crippen molar-refractivity contribution >= 4 is 17.6 Å². The first kappa shape index (κ1) is 19.2. The minimum Gasteiger partial charge on any atom is -0.489 e. The molecule has 0 radical (unpaired) electrons. The van der Waals surface area contributed by atoms with Crippen molar-refractivity contribution in [3.05, 3.63) is 77.7 Å². The Balaban J connectivity index is 1.50. The number of hydrogen-bond donors (Lipinski definition) is 1. The number of carbonyl (C=O) groups is 2. The molecule has 0 saturated carbocycles. The first-order valence-electron chi connectivity index (χ1n) is 8.73. The summed E-state index contributed by atoms with van der Waals surface area (Å²) in [5.74, 6) is -0.561. The second-order valence-corrected chi connectivity index (χ2v) is 6.17. The van der Waals surface area contributed by atoms with Gasteiger partial charge in [-0.25, -0.2) is 4.79 Å². The second kappa shape index (κ2) is 8.85. The Hall–Kier alpha value is -3.61. The van der Waals surface area contributed by atoms with E-state index >= 15 is 0 Å². The van der Waals surface area contributed by atoms with E-state index in [1.807, 2.05) is 30.3 Å². The Kier molecular flexibility index (Phi) is 6.06. The zero-order chi connectivity index (χ0) is 19.9. The van der Waals surface area contributed by atoms with Crippen LogP contribution < -0.4 is 10.1 Å². The van der Waals surface area contributed by atoms with E-state index in [4.69, 9.17) is 14.0 Å². The molecule has 0 bridgehead atoms. The number of benzene rings is 2. The molecule has 0 fully saturated rings. The summed E-state index contributed by atoms with van der Waals surface area (Å²) >= 11 is 0. The molecule has 7 nitrogen and oxygen atoms in total. The Bertz CT molecular complexity index is 935. The summed E-state index contributed by atoms with van der Waals surface area (Å²) in [5.41, 5.74) is 2.19. The van der Waals surface area contributed by atoms with E-state index in [2.05, 4.69) is 10.5 Å². The summed E-state index contributed by atoms with van der Waals surface area (Å²) in [7, 11) is 0. The van der Waals surface area contributed by atoms with Crippen molar-refractivity contribution in [2.45, 2.75) is 26.6 Å². The number of aryl methyl sites for hydroxylation is 1. The van der Waals surface area contributed by atoms with Crippen LogP contribution in [0.1, 0.15) is 28.7 Å². The molecule has 0 aliphatic heterocycles. The molecule has 0 spiro atoms. The molecule has 1 amide bonds. The van der Waals surface area contributed by atoms with Crippen molar-refractivity contribution in [3.8, 4) is 5.75 Å². The van der Waals surface area contributed by atoms with Crippen LogP contribution in [0.25, 0.3) is 0 Å². The lowest BCUT2D eigenvalue weighted by Gasteiger charge is -2.13. The molecular formula is C21H20N2O5. The van der Waals surface area contributed by atoms with E-state index < -0.39 is 18.0 Å². The summed E-state index contributed by atoms with van der Waals surface area (Å²) in [4.78, 5) is 24.1. The molecule has 0 unspecified atom stereocenters. The highest BCUT2D eigenvalue weighted by Crippen LogP contribution is 2.17. The summed E-state index contributed by atoms with van der Waals surface area (Å²) in [6.07, 6.45) is -0.994. The predicted octanol–water partition coefficient (Wildman–Crippen LogP) is 3.75. The molecule has 3 aromatic rings. The Morgan fingerprint density at radius 3 is 2.46 bits per heavy atom. The van der Waals surface area contributed by atoms with Crippen LogP contribution in [0.2, 0.25) is 0 Å². The molecule has 144 valence electrons. The van der Waals surface area contributed by atoms with E-state index in [1.54, 1.807) is 31.2 Å². The maximum atomic E-state index is 12.2. The number of amides is 1. The van der Waals surface area contributed by atoms with Crippen molar-refractivity contribution in [1.82, 2.24) is 5.16 Å². The minimum absolute atomic E-state index is 0.0444. The van der Waals surface area contributed by atoms with Crippen molar-refractivity contribution in [2.24, 2.45) is 0 Å². The standard InChI is InChI=1S/C21H20N2O5/c1-14-12-19(28-23-14)21(25)27-15(2)20(24)22-17-8-10-18(11-9-17)26-13-16-6-4-3-5-7-16/h3-12,15H,13H2,1-2H3,(H,22,24)/t15-/m0/s1. The molecule has 3 rings (SSSR count). The number of carbonyl (C=O) groups excluding carboxylic acids is 2. The first-order valence-corrected chi connectivity index (χ1v) is 8.73. The smallest absolute Gasteiger partial charge is 0.377 e. The quantitative estimate of drug-likeness (QED) is 0.628. The highest BCUT2D eigenvalue weighted by atomic mass is 16.6. The van der Waals surface area contributed by atoms with E-state index in [9.17, 15) is 9.59 Å². The molecular weight excluding hydrogens is 360 g/mol. The monoisotopic (exact) mass is 380 g/mol. The van der Waals surface area contributed by atoms with Crippen LogP contribution >= 0.6 is 0 Å². The van der Waals surface area contributed by atoms with Gasteiger partial charge in [0.2, 0.25) is 5.76 Å². The number of nitrogens with zero attached hydrogens (tertiary/aromatic N) is 1. The Labute approximate surface area is 162 Å². The van der Waals surface area contributed by atoms with Crippen LogP contribution in [0, 0.1) is 6.92 Å². The molecule has 1 heterocycles. The zero-order valence-electron chi connectivity index (χ0n) is 15.5. The van der Waals surface area contributed by atoms with E-state index in [0.717, 1.165) is 5.56 Å². The number of nitrogens with one attached hydrogen (secondary N) is 1. The van der Waals surface area contributed by atoms with Gasteiger partial charge >= 0.3 is 5.97 Å². The van der Waals surface area contributed by atoms with Crippen LogP contribution in [-0.2, 0) is 16.1 Å². The normalized spacial score (nSPS) is 11.5. The maximum absolute atomic E-state index is 12.2. The summed E-state index contributed by atoms with van der Waals surface area (Å²) in [6.45, 7) is 3.62. The van der Waals surface area contributed by atoms with Gasteiger partial charge in [-0.3, -0.25) is 4.79 Å². The minimum atomic E-state index is -0.994. The molecule has 28 heavy (non-hydrogen) atoms. The van der Waals surface area contributed by atoms with Crippen molar-refractivity contribution < 1.29 is 23.6 Å². The molecule has 1 atom stereocenters. The van der Waals surface area contributed by atoms with Gasteiger partial charge in [0.15, 0.2) is 6.10 Å². The topological polar surface area (TPSA) is 90.7 Å². The highest BCUT2D eigenvalue weighted by Gasteiger charge is 2.21. The van der Waals surface area contributed by atoms with Gasteiger partial charge in [-0.1, -0.05) is 35.5 Å². The highest BCUT2D eigenvalue weighted by molar-refractivity contribution is 5.96. The van der Waals surface area contributed by atoms with Gasteiger partial charge in [0.25, 0.3) is 5.91 Å². The largest absolute Gasteiger partial charge is 0.489 e. The lowest BCUT2D eigenvalue weighted by Crippen LogP contribution is -2.29.